The van der Waals surface area contributed by atoms with Gasteiger partial charge in [0.25, 0.3) is 0 Å². The molecule has 1 saturated heterocycles. The predicted molar refractivity (Wildman–Crippen MR) is 85.2 cm³/mol. The SMILES string of the molecule is Cc1c(N2CCC(c3ccccc3)CC2)cnnc1NN. The number of aromatic nitrogens is 2. The lowest BCUT2D eigenvalue weighted by molar-refractivity contribution is 0.504. The first kappa shape index (κ1) is 13.8. The van der Waals surface area contributed by atoms with Gasteiger partial charge in [0.1, 0.15) is 0 Å². The van der Waals surface area contributed by atoms with Gasteiger partial charge in [0.15, 0.2) is 5.82 Å². The second kappa shape index (κ2) is 6.10. The van der Waals surface area contributed by atoms with Crippen LogP contribution < -0.4 is 16.2 Å². The van der Waals surface area contributed by atoms with Gasteiger partial charge in [-0.2, -0.15) is 5.10 Å². The summed E-state index contributed by atoms with van der Waals surface area (Å²) in [5, 5.41) is 8.04. The summed E-state index contributed by atoms with van der Waals surface area (Å²) in [7, 11) is 0. The molecule has 1 aliphatic heterocycles. The summed E-state index contributed by atoms with van der Waals surface area (Å²) in [5.41, 5.74) is 6.25. The maximum absolute atomic E-state index is 5.48. The molecule has 5 heteroatoms. The molecule has 0 spiro atoms. The number of nitrogens with zero attached hydrogens (tertiary/aromatic N) is 3. The van der Waals surface area contributed by atoms with E-state index < -0.39 is 0 Å². The van der Waals surface area contributed by atoms with Crippen LogP contribution in [0.15, 0.2) is 36.5 Å². The van der Waals surface area contributed by atoms with Gasteiger partial charge < -0.3 is 10.3 Å². The van der Waals surface area contributed by atoms with Crippen LogP contribution in [0.25, 0.3) is 0 Å². The Labute approximate surface area is 125 Å². The zero-order valence-electron chi connectivity index (χ0n) is 12.3. The molecule has 2 aromatic rings. The number of anilines is 2. The molecule has 21 heavy (non-hydrogen) atoms. The van der Waals surface area contributed by atoms with E-state index in [1.165, 1.54) is 5.56 Å². The van der Waals surface area contributed by atoms with Crippen molar-refractivity contribution < 1.29 is 0 Å². The van der Waals surface area contributed by atoms with Gasteiger partial charge in [0, 0.05) is 18.7 Å². The molecule has 110 valence electrons. The molecular weight excluding hydrogens is 262 g/mol. The Hall–Kier alpha value is -2.14. The Morgan fingerprint density at radius 3 is 2.57 bits per heavy atom. The fourth-order valence-corrected chi connectivity index (χ4v) is 3.07. The molecule has 2 heterocycles. The summed E-state index contributed by atoms with van der Waals surface area (Å²) in [4.78, 5) is 2.38. The van der Waals surface area contributed by atoms with Crippen molar-refractivity contribution in [2.24, 2.45) is 5.84 Å². The quantitative estimate of drug-likeness (QED) is 0.669. The number of nitrogen functional groups attached to an aromatic ring is 1. The molecule has 0 aliphatic carbocycles. The summed E-state index contributed by atoms with van der Waals surface area (Å²) >= 11 is 0. The highest BCUT2D eigenvalue weighted by Crippen LogP contribution is 2.32. The van der Waals surface area contributed by atoms with Gasteiger partial charge in [-0.25, -0.2) is 5.84 Å². The fraction of sp³-hybridized carbons (Fsp3) is 0.375. The Kier molecular flexibility index (Phi) is 4.01. The topological polar surface area (TPSA) is 67.1 Å². The molecule has 1 aliphatic rings. The first-order chi connectivity index (χ1) is 10.3. The Morgan fingerprint density at radius 2 is 1.90 bits per heavy atom. The maximum Gasteiger partial charge on any atom is 0.167 e. The molecule has 0 amide bonds. The van der Waals surface area contributed by atoms with Crippen LogP contribution in [0.2, 0.25) is 0 Å². The monoisotopic (exact) mass is 283 g/mol. The van der Waals surface area contributed by atoms with Crippen LogP contribution in [0.5, 0.6) is 0 Å². The van der Waals surface area contributed by atoms with E-state index in [1.807, 2.05) is 13.1 Å². The van der Waals surface area contributed by atoms with Gasteiger partial charge in [0.05, 0.1) is 11.9 Å². The summed E-state index contributed by atoms with van der Waals surface area (Å²) < 4.78 is 0. The van der Waals surface area contributed by atoms with Crippen LogP contribution in [0, 0.1) is 6.92 Å². The molecule has 5 nitrogen and oxygen atoms in total. The number of benzene rings is 1. The summed E-state index contributed by atoms with van der Waals surface area (Å²) in [5.74, 6) is 6.78. The van der Waals surface area contributed by atoms with Crippen LogP contribution in [-0.4, -0.2) is 23.3 Å². The van der Waals surface area contributed by atoms with Crippen molar-refractivity contribution in [1.29, 1.82) is 0 Å². The number of rotatable bonds is 3. The minimum Gasteiger partial charge on any atom is -0.370 e. The highest BCUT2D eigenvalue weighted by atomic mass is 15.3. The van der Waals surface area contributed by atoms with E-state index in [-0.39, 0.29) is 0 Å². The standard InChI is InChI=1S/C16H21N5/c1-12-15(11-18-20-16(12)19-17)21-9-7-14(8-10-21)13-5-3-2-4-6-13/h2-6,11,14H,7-10,17H2,1H3,(H,19,20). The largest absolute Gasteiger partial charge is 0.370 e. The smallest absolute Gasteiger partial charge is 0.167 e. The van der Waals surface area contributed by atoms with Gasteiger partial charge in [-0.3, -0.25) is 0 Å². The number of hydrazine groups is 1. The number of piperidine rings is 1. The lowest BCUT2D eigenvalue weighted by atomic mass is 9.89. The van der Waals surface area contributed by atoms with Gasteiger partial charge >= 0.3 is 0 Å². The van der Waals surface area contributed by atoms with Crippen LogP contribution in [0.3, 0.4) is 0 Å². The molecule has 1 aromatic heterocycles. The third kappa shape index (κ3) is 2.83. The number of hydrogen-bond donors (Lipinski definition) is 2. The Morgan fingerprint density at radius 1 is 1.19 bits per heavy atom. The van der Waals surface area contributed by atoms with E-state index in [0.29, 0.717) is 11.7 Å². The molecule has 0 bridgehead atoms. The van der Waals surface area contributed by atoms with Crippen molar-refractivity contribution in [3.63, 3.8) is 0 Å². The van der Waals surface area contributed by atoms with E-state index in [2.05, 4.69) is 50.9 Å². The number of hydrogen-bond acceptors (Lipinski definition) is 5. The van der Waals surface area contributed by atoms with Gasteiger partial charge in [0.2, 0.25) is 0 Å². The Bertz CT molecular complexity index is 591. The summed E-state index contributed by atoms with van der Waals surface area (Å²) in [6.07, 6.45) is 4.16. The average molecular weight is 283 g/mol. The zero-order chi connectivity index (χ0) is 14.7. The van der Waals surface area contributed by atoms with E-state index in [9.17, 15) is 0 Å². The van der Waals surface area contributed by atoms with E-state index in [1.54, 1.807) is 0 Å². The summed E-state index contributed by atoms with van der Waals surface area (Å²) in [6.45, 7) is 4.11. The van der Waals surface area contributed by atoms with Crippen LogP contribution in [-0.2, 0) is 0 Å². The van der Waals surface area contributed by atoms with Crippen molar-refractivity contribution in [2.75, 3.05) is 23.4 Å². The first-order valence-corrected chi connectivity index (χ1v) is 7.38. The molecule has 1 fully saturated rings. The number of nitrogens with two attached hydrogens (primary N) is 1. The molecule has 3 N–H and O–H groups in total. The van der Waals surface area contributed by atoms with E-state index in [0.717, 1.165) is 37.2 Å². The molecule has 1 aromatic carbocycles. The van der Waals surface area contributed by atoms with Crippen LogP contribution in [0.1, 0.15) is 29.9 Å². The minimum atomic E-state index is 0.651. The van der Waals surface area contributed by atoms with Crippen LogP contribution in [0.4, 0.5) is 11.5 Å². The average Bonchev–Trinajstić information content (AvgIpc) is 2.56. The fourth-order valence-electron chi connectivity index (χ4n) is 3.07. The maximum atomic E-state index is 5.48. The minimum absolute atomic E-state index is 0.651. The lowest BCUT2D eigenvalue weighted by Crippen LogP contribution is -2.33. The van der Waals surface area contributed by atoms with Crippen molar-refractivity contribution in [3.05, 3.63) is 47.7 Å². The third-order valence-electron chi connectivity index (χ3n) is 4.32. The van der Waals surface area contributed by atoms with Crippen molar-refractivity contribution in [1.82, 2.24) is 10.2 Å². The number of nitrogens with one attached hydrogen (secondary N) is 1. The third-order valence-corrected chi connectivity index (χ3v) is 4.32. The Balaban J connectivity index is 1.72. The molecule has 0 atom stereocenters. The molecule has 0 radical (unpaired) electrons. The van der Waals surface area contributed by atoms with Gasteiger partial charge in [-0.1, -0.05) is 30.3 Å². The molecular formula is C16H21N5. The van der Waals surface area contributed by atoms with Gasteiger partial charge in [-0.05, 0) is 31.2 Å². The highest BCUT2D eigenvalue weighted by Gasteiger charge is 2.22. The molecule has 0 unspecified atom stereocenters. The second-order valence-electron chi connectivity index (χ2n) is 5.52. The van der Waals surface area contributed by atoms with Gasteiger partial charge in [-0.15, -0.1) is 5.10 Å². The van der Waals surface area contributed by atoms with E-state index in [4.69, 9.17) is 5.84 Å². The van der Waals surface area contributed by atoms with Crippen molar-refractivity contribution in [3.8, 4) is 0 Å². The molecule has 3 rings (SSSR count). The van der Waals surface area contributed by atoms with Crippen molar-refractivity contribution >= 4 is 11.5 Å². The zero-order valence-corrected chi connectivity index (χ0v) is 12.3. The normalized spacial score (nSPS) is 16.0. The molecule has 0 saturated carbocycles. The van der Waals surface area contributed by atoms with Crippen molar-refractivity contribution in [2.45, 2.75) is 25.7 Å². The summed E-state index contributed by atoms with van der Waals surface area (Å²) in [6, 6.07) is 10.8. The van der Waals surface area contributed by atoms with E-state index >= 15 is 0 Å². The predicted octanol–water partition coefficient (Wildman–Crippen LogP) is 2.45. The lowest BCUT2D eigenvalue weighted by Gasteiger charge is -2.34. The highest BCUT2D eigenvalue weighted by molar-refractivity contribution is 5.60. The first-order valence-electron chi connectivity index (χ1n) is 7.38. The van der Waals surface area contributed by atoms with Crippen LogP contribution >= 0.6 is 0 Å². The second-order valence-corrected chi connectivity index (χ2v) is 5.52.